The summed E-state index contributed by atoms with van der Waals surface area (Å²) in [5.74, 6) is 0.134. The van der Waals surface area contributed by atoms with Crippen LogP contribution >= 0.6 is 0 Å². The van der Waals surface area contributed by atoms with Gasteiger partial charge in [0.1, 0.15) is 17.9 Å². The van der Waals surface area contributed by atoms with Gasteiger partial charge in [-0.1, -0.05) is 30.3 Å². The molecule has 26 heavy (non-hydrogen) atoms. The SMILES string of the molecule is COC(=O)Cc1c(C)c2c(OCc3ccccc3)cc(C)cc2oc1=O. The average Bonchev–Trinajstić information content (AvgIpc) is 2.63. The molecule has 0 bridgehead atoms. The molecule has 1 heterocycles. The molecule has 0 saturated heterocycles. The van der Waals surface area contributed by atoms with Gasteiger partial charge in [0.2, 0.25) is 0 Å². The topological polar surface area (TPSA) is 65.7 Å². The summed E-state index contributed by atoms with van der Waals surface area (Å²) in [5, 5.41) is 0.699. The minimum atomic E-state index is -0.528. The Morgan fingerprint density at radius 1 is 1.12 bits per heavy atom. The monoisotopic (exact) mass is 352 g/mol. The third kappa shape index (κ3) is 3.61. The molecule has 5 nitrogen and oxygen atoms in total. The lowest BCUT2D eigenvalue weighted by atomic mass is 10.0. The summed E-state index contributed by atoms with van der Waals surface area (Å²) in [6.07, 6.45) is -0.132. The molecule has 5 heteroatoms. The van der Waals surface area contributed by atoms with Gasteiger partial charge in [-0.15, -0.1) is 0 Å². The van der Waals surface area contributed by atoms with Gasteiger partial charge in [0.25, 0.3) is 0 Å². The molecule has 0 saturated carbocycles. The number of esters is 1. The van der Waals surface area contributed by atoms with Crippen molar-refractivity contribution in [3.8, 4) is 5.75 Å². The number of aryl methyl sites for hydroxylation is 2. The van der Waals surface area contributed by atoms with Crippen molar-refractivity contribution in [1.29, 1.82) is 0 Å². The van der Waals surface area contributed by atoms with Gasteiger partial charge >= 0.3 is 11.6 Å². The first kappa shape index (κ1) is 17.7. The van der Waals surface area contributed by atoms with Crippen molar-refractivity contribution in [3.63, 3.8) is 0 Å². The maximum Gasteiger partial charge on any atom is 0.340 e. The van der Waals surface area contributed by atoms with Crippen LogP contribution in [0.25, 0.3) is 11.0 Å². The Morgan fingerprint density at radius 3 is 2.54 bits per heavy atom. The van der Waals surface area contributed by atoms with Crippen LogP contribution in [0.15, 0.2) is 51.7 Å². The smallest absolute Gasteiger partial charge is 0.340 e. The zero-order chi connectivity index (χ0) is 18.7. The summed E-state index contributed by atoms with van der Waals surface area (Å²) < 4.78 is 16.1. The van der Waals surface area contributed by atoms with Crippen LogP contribution in [0.2, 0.25) is 0 Å². The lowest BCUT2D eigenvalue weighted by molar-refractivity contribution is -0.139. The number of hydrogen-bond donors (Lipinski definition) is 0. The number of hydrogen-bond acceptors (Lipinski definition) is 5. The predicted octanol–water partition coefficient (Wildman–Crippen LogP) is 3.70. The number of rotatable bonds is 5. The highest BCUT2D eigenvalue weighted by molar-refractivity contribution is 5.89. The maximum atomic E-state index is 12.3. The molecule has 0 atom stereocenters. The summed E-state index contributed by atoms with van der Waals surface area (Å²) in [4.78, 5) is 23.9. The third-order valence-electron chi connectivity index (χ3n) is 4.27. The highest BCUT2D eigenvalue weighted by Gasteiger charge is 2.18. The molecule has 134 valence electrons. The number of carbonyl (C=O) groups is 1. The van der Waals surface area contributed by atoms with Crippen molar-refractivity contribution in [2.24, 2.45) is 0 Å². The Bertz CT molecular complexity index is 1000. The fraction of sp³-hybridized carbons (Fsp3) is 0.238. The fourth-order valence-electron chi connectivity index (χ4n) is 2.91. The van der Waals surface area contributed by atoms with Crippen LogP contribution in [0.1, 0.15) is 22.3 Å². The largest absolute Gasteiger partial charge is 0.488 e. The number of fused-ring (bicyclic) bond motifs is 1. The summed E-state index contributed by atoms with van der Waals surface area (Å²) in [5.41, 5.74) is 2.84. The Morgan fingerprint density at radius 2 is 1.85 bits per heavy atom. The molecular weight excluding hydrogens is 332 g/mol. The molecule has 3 aromatic rings. The van der Waals surface area contributed by atoms with Gasteiger partial charge in [-0.2, -0.15) is 0 Å². The van der Waals surface area contributed by atoms with Crippen LogP contribution in [0.5, 0.6) is 5.75 Å². The second-order valence-electron chi connectivity index (χ2n) is 6.16. The first-order chi connectivity index (χ1) is 12.5. The molecule has 2 aromatic carbocycles. The van der Waals surface area contributed by atoms with E-state index in [0.717, 1.165) is 11.1 Å². The minimum absolute atomic E-state index is 0.132. The molecule has 0 aliphatic heterocycles. The number of methoxy groups -OCH3 is 1. The Kier molecular flexibility index (Phi) is 5.07. The van der Waals surface area contributed by atoms with Crippen LogP contribution in [0.4, 0.5) is 0 Å². The van der Waals surface area contributed by atoms with E-state index in [9.17, 15) is 9.59 Å². The van der Waals surface area contributed by atoms with Crippen LogP contribution < -0.4 is 10.4 Å². The van der Waals surface area contributed by atoms with Crippen molar-refractivity contribution >= 4 is 16.9 Å². The summed E-state index contributed by atoms with van der Waals surface area (Å²) in [6.45, 7) is 4.10. The second kappa shape index (κ2) is 7.44. The molecule has 0 aliphatic rings. The van der Waals surface area contributed by atoms with E-state index in [1.54, 1.807) is 13.0 Å². The molecule has 0 spiro atoms. The van der Waals surface area contributed by atoms with Crippen molar-refractivity contribution in [2.45, 2.75) is 26.9 Å². The number of ether oxygens (including phenoxy) is 2. The molecule has 0 amide bonds. The van der Waals surface area contributed by atoms with Crippen LogP contribution in [-0.2, 0) is 22.6 Å². The van der Waals surface area contributed by atoms with Gasteiger partial charge in [0.05, 0.1) is 24.5 Å². The lowest BCUT2D eigenvalue weighted by Gasteiger charge is -2.14. The van der Waals surface area contributed by atoms with E-state index in [-0.39, 0.29) is 12.0 Å². The van der Waals surface area contributed by atoms with E-state index in [0.29, 0.717) is 28.9 Å². The third-order valence-corrected chi connectivity index (χ3v) is 4.27. The maximum absolute atomic E-state index is 12.3. The zero-order valence-corrected chi connectivity index (χ0v) is 15.0. The zero-order valence-electron chi connectivity index (χ0n) is 15.0. The van der Waals surface area contributed by atoms with Gasteiger partial charge in [0.15, 0.2) is 0 Å². The molecule has 0 N–H and O–H groups in total. The highest BCUT2D eigenvalue weighted by atomic mass is 16.5. The first-order valence-corrected chi connectivity index (χ1v) is 8.30. The van der Waals surface area contributed by atoms with E-state index in [1.165, 1.54) is 7.11 Å². The number of benzene rings is 2. The summed E-state index contributed by atoms with van der Waals surface area (Å²) in [7, 11) is 1.29. The predicted molar refractivity (Wildman–Crippen MR) is 98.5 cm³/mol. The van der Waals surface area contributed by atoms with Crippen molar-refractivity contribution in [1.82, 2.24) is 0 Å². The second-order valence-corrected chi connectivity index (χ2v) is 6.16. The van der Waals surface area contributed by atoms with Crippen molar-refractivity contribution in [3.05, 3.63) is 75.1 Å². The molecule has 0 radical (unpaired) electrons. The Balaban J connectivity index is 2.08. The highest BCUT2D eigenvalue weighted by Crippen LogP contribution is 2.31. The Hall–Kier alpha value is -3.08. The summed E-state index contributed by atoms with van der Waals surface area (Å²) >= 11 is 0. The normalized spacial score (nSPS) is 10.7. The standard InChI is InChI=1S/C21H20O5/c1-13-9-17(25-12-15-7-5-4-6-8-15)20-14(2)16(11-19(22)24-3)21(23)26-18(20)10-13/h4-10H,11-12H2,1-3H3. The molecule has 1 aromatic heterocycles. The fourth-order valence-corrected chi connectivity index (χ4v) is 2.91. The summed E-state index contributed by atoms with van der Waals surface area (Å²) in [6, 6.07) is 13.5. The van der Waals surface area contributed by atoms with E-state index in [1.807, 2.05) is 43.3 Å². The van der Waals surface area contributed by atoms with Gasteiger partial charge in [-0.25, -0.2) is 4.79 Å². The molecule has 0 fully saturated rings. The van der Waals surface area contributed by atoms with Gasteiger partial charge < -0.3 is 13.9 Å². The Labute approximate surface area is 151 Å². The van der Waals surface area contributed by atoms with Gasteiger partial charge in [0, 0.05) is 0 Å². The van der Waals surface area contributed by atoms with Crippen molar-refractivity contribution in [2.75, 3.05) is 7.11 Å². The lowest BCUT2D eigenvalue weighted by Crippen LogP contribution is -2.16. The quantitative estimate of drug-likeness (QED) is 0.517. The molecule has 0 aliphatic carbocycles. The van der Waals surface area contributed by atoms with Crippen LogP contribution in [-0.4, -0.2) is 13.1 Å². The molecular formula is C21H20O5. The minimum Gasteiger partial charge on any atom is -0.488 e. The number of carbonyl (C=O) groups excluding carboxylic acids is 1. The first-order valence-electron chi connectivity index (χ1n) is 8.30. The van der Waals surface area contributed by atoms with E-state index < -0.39 is 11.6 Å². The van der Waals surface area contributed by atoms with Crippen molar-refractivity contribution < 1.29 is 18.7 Å². The average molecular weight is 352 g/mol. The van der Waals surface area contributed by atoms with Crippen LogP contribution in [0.3, 0.4) is 0 Å². The molecule has 3 rings (SSSR count). The van der Waals surface area contributed by atoms with E-state index in [4.69, 9.17) is 9.15 Å². The van der Waals surface area contributed by atoms with E-state index >= 15 is 0 Å². The van der Waals surface area contributed by atoms with Gasteiger partial charge in [-0.3, -0.25) is 4.79 Å². The molecule has 0 unspecified atom stereocenters. The van der Waals surface area contributed by atoms with Crippen LogP contribution in [0, 0.1) is 13.8 Å². The van der Waals surface area contributed by atoms with E-state index in [2.05, 4.69) is 4.74 Å². The van der Waals surface area contributed by atoms with Gasteiger partial charge in [-0.05, 0) is 42.7 Å².